The van der Waals surface area contributed by atoms with E-state index in [1.165, 1.54) is 71.6 Å². The van der Waals surface area contributed by atoms with E-state index in [0.29, 0.717) is 38.8 Å². The zero-order valence-electron chi connectivity index (χ0n) is 65.8. The number of nitrogens with zero attached hydrogens (tertiary/aromatic N) is 8. The molecular formula is C77H131ClN12O14. The average Bonchev–Trinajstić information content (AvgIpc) is 1.28. The number of carbonyl (C=O) groups excluding carboxylic acids is 12. The molecule has 5 N–H and O–H groups in total. The minimum absolute atomic E-state index is 0.00597. The van der Waals surface area contributed by atoms with Gasteiger partial charge in [0.15, 0.2) is 0 Å². The van der Waals surface area contributed by atoms with Crippen LogP contribution in [0.15, 0.2) is 0 Å². The van der Waals surface area contributed by atoms with E-state index in [2.05, 4.69) is 21.3 Å². The van der Waals surface area contributed by atoms with Gasteiger partial charge in [-0.2, -0.15) is 0 Å². The van der Waals surface area contributed by atoms with Gasteiger partial charge in [0.05, 0.1) is 31.3 Å². The standard InChI is InChI=1S/C77H131ClN12O14/c1-47(2)38-59-69(96)82-65(50(7)91)76(103)83(11)45-64(93)88(16)66(49(5)6)70(97)80-56(42-52-30-22-18-23-31-52)71(98)85(13)61(43-53-32-26-33-54(78)40-53)74(101)86(14)60(39-48(3)4)73(100)87(15)62(75(102)89-35-24-19-25-36-89)44-63(92)90-37-27-34-58(90)68(95)79-55(41-51-28-20-17-21-29-51)67(94)81-57(72(99)84(59)12)46-104-77(8,9)10/h47-62,65-66,91H,17-46H2,1-16H3,(H,79,95)(H,80,97)(H,81,94)(H,82,96)/t50-,53?,54?,55+,56+,57+,58-,59+,60+,61+,62+,65+,66+/m1/s1. The van der Waals surface area contributed by atoms with Crippen LogP contribution in [-0.4, -0.2) is 268 Å². The van der Waals surface area contributed by atoms with E-state index < -0.39 is 162 Å². The Hall–Kier alpha value is -6.15. The van der Waals surface area contributed by atoms with Crippen LogP contribution in [-0.2, 0) is 62.3 Å². The zero-order valence-corrected chi connectivity index (χ0v) is 66.6. The van der Waals surface area contributed by atoms with Gasteiger partial charge in [-0.3, -0.25) is 57.5 Å². The van der Waals surface area contributed by atoms with Gasteiger partial charge in [-0.05, 0) is 140 Å². The molecule has 0 radical (unpaired) electrons. The molecule has 590 valence electrons. The van der Waals surface area contributed by atoms with Crippen LogP contribution < -0.4 is 21.3 Å². The number of aliphatic hydroxyl groups excluding tert-OH is 1. The first-order valence-corrected chi connectivity index (χ1v) is 39.7. The smallest absolute Gasteiger partial charge is 0.248 e. The summed E-state index contributed by atoms with van der Waals surface area (Å²) in [4.78, 5) is 193. The van der Waals surface area contributed by atoms with Crippen molar-refractivity contribution in [3.05, 3.63) is 0 Å². The Morgan fingerprint density at radius 1 is 0.500 bits per heavy atom. The summed E-state index contributed by atoms with van der Waals surface area (Å²) in [5, 5.41) is 22.8. The van der Waals surface area contributed by atoms with Crippen LogP contribution in [0.5, 0.6) is 0 Å². The molecule has 6 fully saturated rings. The van der Waals surface area contributed by atoms with Gasteiger partial charge in [-0.1, -0.05) is 119 Å². The van der Waals surface area contributed by atoms with E-state index in [-0.39, 0.29) is 86.6 Å². The Morgan fingerprint density at radius 2 is 1.01 bits per heavy atom. The van der Waals surface area contributed by atoms with Gasteiger partial charge >= 0.3 is 0 Å². The lowest BCUT2D eigenvalue weighted by atomic mass is 9.83. The second-order valence-corrected chi connectivity index (χ2v) is 34.1. The van der Waals surface area contributed by atoms with Gasteiger partial charge in [-0.25, -0.2) is 0 Å². The molecule has 0 bridgehead atoms. The maximum absolute atomic E-state index is 15.9. The summed E-state index contributed by atoms with van der Waals surface area (Å²) >= 11 is 6.86. The first kappa shape index (κ1) is 86.8. The Morgan fingerprint density at radius 3 is 1.57 bits per heavy atom. The highest BCUT2D eigenvalue weighted by molar-refractivity contribution is 6.20. The summed E-state index contributed by atoms with van der Waals surface area (Å²) in [5.41, 5.74) is -0.834. The molecule has 104 heavy (non-hydrogen) atoms. The van der Waals surface area contributed by atoms with Crippen LogP contribution >= 0.6 is 11.6 Å². The summed E-state index contributed by atoms with van der Waals surface area (Å²) in [6.07, 6.45) is 13.3. The first-order valence-electron chi connectivity index (χ1n) is 39.2. The molecule has 12 amide bonds. The summed E-state index contributed by atoms with van der Waals surface area (Å²) in [6, 6.07) is -12.9. The Kier molecular flexibility index (Phi) is 33.5. The number of likely N-dealkylation sites (tertiary alicyclic amines) is 1. The van der Waals surface area contributed by atoms with Crippen molar-refractivity contribution in [1.29, 1.82) is 0 Å². The zero-order chi connectivity index (χ0) is 77.2. The molecule has 13 atom stereocenters. The molecule has 3 saturated carbocycles. The van der Waals surface area contributed by atoms with Crippen LogP contribution in [0.25, 0.3) is 0 Å². The van der Waals surface area contributed by atoms with Gasteiger partial charge in [0.25, 0.3) is 0 Å². The maximum Gasteiger partial charge on any atom is 0.248 e. The summed E-state index contributed by atoms with van der Waals surface area (Å²) < 4.78 is 6.21. The number of nitrogens with one attached hydrogen (secondary N) is 4. The number of alkyl halides is 1. The average molecular weight is 1480 g/mol. The molecule has 6 aliphatic rings. The first-order chi connectivity index (χ1) is 48.9. The molecule has 3 saturated heterocycles. The number of rotatable bonds is 15. The predicted molar refractivity (Wildman–Crippen MR) is 398 cm³/mol. The normalized spacial score (nSPS) is 29.7. The molecule has 6 rings (SSSR count). The number of likely N-dealkylation sites (N-methyl/N-ethyl adjacent to an activating group) is 6. The second kappa shape index (κ2) is 40.2. The molecule has 2 unspecified atom stereocenters. The van der Waals surface area contributed by atoms with E-state index in [0.717, 1.165) is 94.8 Å². The number of halogens is 1. The van der Waals surface area contributed by atoms with Gasteiger partial charge in [-0.15, -0.1) is 11.6 Å². The fraction of sp³-hybridized carbons (Fsp3) is 0.844. The number of ether oxygens (including phenoxy) is 1. The SMILES string of the molecule is CC(C)C[C@H]1C(=O)N[C@@H]([C@@H](C)O)C(=O)N(C)CC(=O)N(C)[C@@H](C(C)C)C(=O)N[C@@H](CC2CCCCC2)C(=O)N(C)[C@@H](CC2CCCC(Cl)C2)C(=O)N(C)[C@@H](CC(C)C)C(=O)N(C)[C@H](C(=O)N2CCCCC2)CC(=O)N2CCC[C@@H]2C(=O)N[C@@H](CC2CCCCC2)C(=O)N[C@@H](COC(C)(C)C)C(=O)N1C. The summed E-state index contributed by atoms with van der Waals surface area (Å²) in [6.45, 7) is 17.6. The quantitative estimate of drug-likeness (QED) is 0.118. The highest BCUT2D eigenvalue weighted by Gasteiger charge is 2.47. The largest absolute Gasteiger partial charge is 0.391 e. The molecule has 0 aromatic carbocycles. The van der Waals surface area contributed by atoms with Crippen LogP contribution in [0.2, 0.25) is 0 Å². The van der Waals surface area contributed by atoms with E-state index in [9.17, 15) is 19.5 Å². The number of hydrogen-bond acceptors (Lipinski definition) is 14. The molecule has 0 aromatic rings. The molecule has 3 heterocycles. The predicted octanol–water partition coefficient (Wildman–Crippen LogP) is 6.00. The molecule has 3 aliphatic heterocycles. The fourth-order valence-electron chi connectivity index (χ4n) is 16.5. The van der Waals surface area contributed by atoms with Crippen molar-refractivity contribution >= 4 is 82.5 Å². The topological polar surface area (TPSA) is 308 Å². The van der Waals surface area contributed by atoms with Crippen LogP contribution in [0, 0.1) is 35.5 Å². The number of aliphatic hydroxyl groups is 1. The lowest BCUT2D eigenvalue weighted by Crippen LogP contribution is -2.62. The van der Waals surface area contributed by atoms with E-state index in [1.54, 1.807) is 46.6 Å². The van der Waals surface area contributed by atoms with Gasteiger partial charge in [0, 0.05) is 67.3 Å². The third kappa shape index (κ3) is 24.4. The minimum Gasteiger partial charge on any atom is -0.391 e. The highest BCUT2D eigenvalue weighted by Crippen LogP contribution is 2.35. The van der Waals surface area contributed by atoms with E-state index in [1.807, 2.05) is 27.7 Å². The number of amides is 12. The lowest BCUT2D eigenvalue weighted by molar-refractivity contribution is -0.156. The van der Waals surface area contributed by atoms with Crippen molar-refractivity contribution in [1.82, 2.24) is 60.5 Å². The van der Waals surface area contributed by atoms with Crippen molar-refractivity contribution in [2.24, 2.45) is 35.5 Å². The lowest BCUT2D eigenvalue weighted by Gasteiger charge is -2.41. The van der Waals surface area contributed by atoms with Gasteiger partial charge in [0.1, 0.15) is 60.4 Å². The fourth-order valence-corrected chi connectivity index (χ4v) is 16.9. The van der Waals surface area contributed by atoms with Gasteiger partial charge in [0.2, 0.25) is 70.9 Å². The van der Waals surface area contributed by atoms with Crippen molar-refractivity contribution in [2.75, 3.05) is 75.1 Å². The summed E-state index contributed by atoms with van der Waals surface area (Å²) in [7, 11) is 8.69. The molecule has 0 spiro atoms. The maximum atomic E-state index is 15.9. The van der Waals surface area contributed by atoms with Crippen molar-refractivity contribution in [2.45, 2.75) is 307 Å². The molecular weight excluding hydrogens is 1350 g/mol. The number of carbonyl (C=O) groups is 12. The number of hydrogen-bond donors (Lipinski definition) is 5. The molecule has 26 nitrogen and oxygen atoms in total. The Bertz CT molecular complexity index is 2930. The number of piperidine rings is 1. The van der Waals surface area contributed by atoms with Crippen LogP contribution in [0.3, 0.4) is 0 Å². The minimum atomic E-state index is -1.65. The third-order valence-electron chi connectivity index (χ3n) is 22.6. The van der Waals surface area contributed by atoms with Crippen LogP contribution in [0.1, 0.15) is 230 Å². The van der Waals surface area contributed by atoms with Crippen LogP contribution in [0.4, 0.5) is 0 Å². The Balaban J connectivity index is 1.49. The second-order valence-electron chi connectivity index (χ2n) is 33.5. The molecule has 27 heteroatoms. The van der Waals surface area contributed by atoms with Crippen molar-refractivity contribution in [3.8, 4) is 0 Å². The number of fused-ring (bicyclic) bond motifs is 1. The van der Waals surface area contributed by atoms with Crippen molar-refractivity contribution < 1.29 is 67.4 Å². The molecule has 3 aliphatic carbocycles. The van der Waals surface area contributed by atoms with E-state index in [4.69, 9.17) is 16.3 Å². The Labute approximate surface area is 625 Å². The highest BCUT2D eigenvalue weighted by atomic mass is 35.5. The van der Waals surface area contributed by atoms with E-state index >= 15 is 43.2 Å². The summed E-state index contributed by atoms with van der Waals surface area (Å²) in [5.74, 6) is -8.89. The third-order valence-corrected chi connectivity index (χ3v) is 23.0. The van der Waals surface area contributed by atoms with Crippen molar-refractivity contribution in [3.63, 3.8) is 0 Å². The monoisotopic (exact) mass is 1480 g/mol. The molecule has 0 aromatic heterocycles. The van der Waals surface area contributed by atoms with Gasteiger partial charge < -0.3 is 70.3 Å².